The quantitative estimate of drug-likeness (QED) is 0.475. The number of rotatable bonds is 2. The van der Waals surface area contributed by atoms with Gasteiger partial charge in [-0.2, -0.15) is 17.6 Å². The molecule has 0 saturated carbocycles. The number of nitrogens with zero attached hydrogens (tertiary/aromatic N) is 2. The molecule has 2 heterocycles. The predicted molar refractivity (Wildman–Crippen MR) is 62.7 cm³/mol. The first kappa shape index (κ1) is 12.4. The molecule has 1 fully saturated rings. The van der Waals surface area contributed by atoms with Gasteiger partial charge in [-0.25, -0.2) is 4.79 Å². The van der Waals surface area contributed by atoms with Crippen molar-refractivity contribution < 1.29 is 14.9 Å². The first-order valence-electron chi connectivity index (χ1n) is 5.01. The lowest BCUT2D eigenvalue weighted by atomic mass is 10.2. The molecule has 0 amide bonds. The normalized spacial score (nSPS) is 32.9. The fraction of sp³-hybridized carbons (Fsp3) is 0.556. The van der Waals surface area contributed by atoms with Crippen LogP contribution in [0.1, 0.15) is 6.23 Å². The number of aliphatic hydroxyl groups is 2. The lowest BCUT2D eigenvalue weighted by molar-refractivity contribution is -0.0529. The molecule has 94 valence electrons. The monoisotopic (exact) mass is 259 g/mol. The van der Waals surface area contributed by atoms with E-state index in [4.69, 9.17) is 15.6 Å². The van der Waals surface area contributed by atoms with E-state index in [-0.39, 0.29) is 12.4 Å². The molecule has 4 N–H and O–H groups in total. The van der Waals surface area contributed by atoms with E-state index in [9.17, 15) is 9.90 Å². The smallest absolute Gasteiger partial charge is 0.351 e. The number of hydrogen-bond donors (Lipinski definition) is 4. The van der Waals surface area contributed by atoms with E-state index in [1.807, 2.05) is 0 Å². The third kappa shape index (κ3) is 2.16. The largest absolute Gasteiger partial charge is 0.394 e. The van der Waals surface area contributed by atoms with Gasteiger partial charge in [-0.05, 0) is 6.07 Å². The minimum absolute atomic E-state index is 0.0971. The SMILES string of the molecule is Nc1ccn([C@@H]2O[C@H](CO)C(S)C2O)c(=O)n1. The molecule has 0 spiro atoms. The third-order valence-corrected chi connectivity index (χ3v) is 3.28. The Labute approximate surface area is 102 Å². The highest BCUT2D eigenvalue weighted by Crippen LogP contribution is 2.31. The zero-order chi connectivity index (χ0) is 12.6. The topological polar surface area (TPSA) is 111 Å². The van der Waals surface area contributed by atoms with Crippen molar-refractivity contribution in [1.82, 2.24) is 9.55 Å². The van der Waals surface area contributed by atoms with E-state index in [0.717, 1.165) is 4.57 Å². The average molecular weight is 259 g/mol. The second kappa shape index (κ2) is 4.65. The van der Waals surface area contributed by atoms with E-state index < -0.39 is 29.4 Å². The Kier molecular flexibility index (Phi) is 3.38. The van der Waals surface area contributed by atoms with Gasteiger partial charge in [0.1, 0.15) is 11.9 Å². The highest BCUT2D eigenvalue weighted by molar-refractivity contribution is 7.81. The van der Waals surface area contributed by atoms with Gasteiger partial charge < -0.3 is 20.7 Å². The van der Waals surface area contributed by atoms with Gasteiger partial charge in [-0.3, -0.25) is 4.57 Å². The van der Waals surface area contributed by atoms with Gasteiger partial charge in [0.15, 0.2) is 6.23 Å². The van der Waals surface area contributed by atoms with Crippen molar-refractivity contribution in [2.45, 2.75) is 23.7 Å². The van der Waals surface area contributed by atoms with E-state index in [2.05, 4.69) is 17.6 Å². The van der Waals surface area contributed by atoms with Crippen LogP contribution in [-0.4, -0.2) is 43.8 Å². The summed E-state index contributed by atoms with van der Waals surface area (Å²) in [5, 5.41) is 18.3. The van der Waals surface area contributed by atoms with Crippen LogP contribution < -0.4 is 11.4 Å². The molecule has 17 heavy (non-hydrogen) atoms. The second-order valence-electron chi connectivity index (χ2n) is 3.77. The molecular weight excluding hydrogens is 246 g/mol. The Morgan fingerprint density at radius 1 is 1.65 bits per heavy atom. The first-order valence-corrected chi connectivity index (χ1v) is 5.53. The molecule has 1 aromatic rings. The molecule has 1 aromatic heterocycles. The van der Waals surface area contributed by atoms with Gasteiger partial charge in [0.25, 0.3) is 0 Å². The number of anilines is 1. The molecule has 1 aliphatic rings. The van der Waals surface area contributed by atoms with Crippen molar-refractivity contribution >= 4 is 18.4 Å². The minimum atomic E-state index is -1.00. The van der Waals surface area contributed by atoms with Crippen LogP contribution in [-0.2, 0) is 4.74 Å². The molecule has 2 rings (SSSR count). The summed E-state index contributed by atoms with van der Waals surface area (Å²) in [4.78, 5) is 15.1. The van der Waals surface area contributed by atoms with Crippen molar-refractivity contribution in [2.24, 2.45) is 0 Å². The molecule has 1 aliphatic heterocycles. The summed E-state index contributed by atoms with van der Waals surface area (Å²) < 4.78 is 6.47. The van der Waals surface area contributed by atoms with E-state index in [1.165, 1.54) is 12.3 Å². The first-order chi connectivity index (χ1) is 8.04. The van der Waals surface area contributed by atoms with E-state index >= 15 is 0 Å². The molecule has 0 aromatic carbocycles. The van der Waals surface area contributed by atoms with Crippen LogP contribution in [0.2, 0.25) is 0 Å². The molecule has 7 nitrogen and oxygen atoms in total. The van der Waals surface area contributed by atoms with Crippen LogP contribution in [0.15, 0.2) is 17.1 Å². The van der Waals surface area contributed by atoms with Gasteiger partial charge in [-0.1, -0.05) is 0 Å². The molecular formula is C9H13N3O4S. The lowest BCUT2D eigenvalue weighted by Gasteiger charge is -2.17. The molecule has 4 atom stereocenters. The van der Waals surface area contributed by atoms with Crippen molar-refractivity contribution in [2.75, 3.05) is 12.3 Å². The summed E-state index contributed by atoms with van der Waals surface area (Å²) in [5.41, 5.74) is 4.74. The Bertz CT molecular complexity index is 466. The number of aliphatic hydroxyl groups excluding tert-OH is 2. The average Bonchev–Trinajstić information content (AvgIpc) is 2.57. The van der Waals surface area contributed by atoms with Gasteiger partial charge in [0.05, 0.1) is 18.0 Å². The van der Waals surface area contributed by atoms with Crippen LogP contribution in [0.3, 0.4) is 0 Å². The number of nitrogens with two attached hydrogens (primary N) is 1. The standard InChI is InChI=1S/C9H13N3O4S/c10-5-1-2-12(9(15)11-5)8-6(14)7(17)4(3-13)16-8/h1-2,4,6-8,13-14,17H,3H2,(H2,10,11,15)/t4-,6?,7?,8-/m1/s1. The van der Waals surface area contributed by atoms with Crippen LogP contribution in [0, 0.1) is 0 Å². The van der Waals surface area contributed by atoms with Crippen molar-refractivity contribution in [3.8, 4) is 0 Å². The fourth-order valence-corrected chi connectivity index (χ4v) is 2.04. The molecule has 1 saturated heterocycles. The lowest BCUT2D eigenvalue weighted by Crippen LogP contribution is -2.34. The van der Waals surface area contributed by atoms with Crippen molar-refractivity contribution in [3.05, 3.63) is 22.7 Å². The van der Waals surface area contributed by atoms with Gasteiger partial charge in [-0.15, -0.1) is 0 Å². The second-order valence-corrected chi connectivity index (χ2v) is 4.37. The number of ether oxygens (including phenoxy) is 1. The van der Waals surface area contributed by atoms with Gasteiger partial charge in [0.2, 0.25) is 0 Å². The molecule has 0 bridgehead atoms. The van der Waals surface area contributed by atoms with E-state index in [1.54, 1.807) is 0 Å². The maximum absolute atomic E-state index is 11.6. The summed E-state index contributed by atoms with van der Waals surface area (Å²) in [6.07, 6.45) is -1.14. The summed E-state index contributed by atoms with van der Waals surface area (Å²) in [7, 11) is 0. The Balaban J connectivity index is 2.32. The Hall–Kier alpha value is -1.09. The number of aromatic nitrogens is 2. The molecule has 0 aliphatic carbocycles. The highest BCUT2D eigenvalue weighted by Gasteiger charge is 2.42. The third-order valence-electron chi connectivity index (χ3n) is 2.64. The van der Waals surface area contributed by atoms with E-state index in [0.29, 0.717) is 0 Å². The van der Waals surface area contributed by atoms with Crippen molar-refractivity contribution in [1.29, 1.82) is 0 Å². The molecule has 2 unspecified atom stereocenters. The van der Waals surface area contributed by atoms with Crippen LogP contribution in [0.5, 0.6) is 0 Å². The number of nitrogen functional groups attached to an aromatic ring is 1. The summed E-state index contributed by atoms with van der Waals surface area (Å²) in [6, 6.07) is 1.43. The van der Waals surface area contributed by atoms with Gasteiger partial charge in [0, 0.05) is 6.20 Å². The molecule has 0 radical (unpaired) electrons. The minimum Gasteiger partial charge on any atom is -0.394 e. The summed E-state index contributed by atoms with van der Waals surface area (Å²) >= 11 is 4.13. The summed E-state index contributed by atoms with van der Waals surface area (Å²) in [5.74, 6) is 0.0971. The zero-order valence-electron chi connectivity index (χ0n) is 8.80. The van der Waals surface area contributed by atoms with Crippen molar-refractivity contribution in [3.63, 3.8) is 0 Å². The zero-order valence-corrected chi connectivity index (χ0v) is 9.70. The highest BCUT2D eigenvalue weighted by atomic mass is 32.1. The van der Waals surface area contributed by atoms with Crippen LogP contribution in [0.4, 0.5) is 5.82 Å². The maximum Gasteiger partial charge on any atom is 0.351 e. The van der Waals surface area contributed by atoms with Gasteiger partial charge >= 0.3 is 5.69 Å². The van der Waals surface area contributed by atoms with Crippen LogP contribution >= 0.6 is 12.6 Å². The van der Waals surface area contributed by atoms with Crippen LogP contribution in [0.25, 0.3) is 0 Å². The fourth-order valence-electron chi connectivity index (χ4n) is 1.73. The number of thiol groups is 1. The Morgan fingerprint density at radius 3 is 2.88 bits per heavy atom. The predicted octanol–water partition coefficient (Wildman–Crippen LogP) is -1.63. The summed E-state index contributed by atoms with van der Waals surface area (Å²) in [6.45, 7) is -0.279. The Morgan fingerprint density at radius 2 is 2.35 bits per heavy atom. The maximum atomic E-state index is 11.6. The molecule has 8 heteroatoms. The number of hydrogen-bond acceptors (Lipinski definition) is 7.